The third-order valence-corrected chi connectivity index (χ3v) is 3.43. The number of thiocarbonyl (C=S) groups is 1. The van der Waals surface area contributed by atoms with Gasteiger partial charge in [0.25, 0.3) is 0 Å². The maximum Gasteiger partial charge on any atom is 0.170 e. The van der Waals surface area contributed by atoms with Crippen LogP contribution in [-0.4, -0.2) is 11.7 Å². The topological polar surface area (TPSA) is 24.1 Å². The molecule has 0 saturated heterocycles. The summed E-state index contributed by atoms with van der Waals surface area (Å²) in [5.74, 6) is 0. The second-order valence-electron chi connectivity index (χ2n) is 4.27. The molecule has 0 fully saturated rings. The summed E-state index contributed by atoms with van der Waals surface area (Å²) < 4.78 is 0. The van der Waals surface area contributed by atoms with Crippen molar-refractivity contribution in [1.29, 1.82) is 0 Å². The smallest absolute Gasteiger partial charge is 0.170 e. The van der Waals surface area contributed by atoms with Gasteiger partial charge < -0.3 is 10.6 Å². The van der Waals surface area contributed by atoms with E-state index in [2.05, 4.69) is 10.6 Å². The summed E-state index contributed by atoms with van der Waals surface area (Å²) in [7, 11) is 0. The Hall–Kier alpha value is -1.29. The molecule has 20 heavy (non-hydrogen) atoms. The first-order chi connectivity index (χ1) is 9.63. The number of hydrogen-bond acceptors (Lipinski definition) is 1. The number of nitrogens with one attached hydrogen (secondary N) is 2. The minimum atomic E-state index is 0.584. The van der Waals surface area contributed by atoms with E-state index in [1.807, 2.05) is 48.5 Å². The number of benzene rings is 2. The summed E-state index contributed by atoms with van der Waals surface area (Å²) in [4.78, 5) is 0. The Morgan fingerprint density at radius 3 is 2.45 bits per heavy atom. The molecule has 0 aliphatic heterocycles. The first-order valence-electron chi connectivity index (χ1n) is 6.18. The van der Waals surface area contributed by atoms with E-state index in [1.165, 1.54) is 5.56 Å². The molecule has 0 aromatic heterocycles. The number of rotatable bonds is 4. The van der Waals surface area contributed by atoms with Gasteiger partial charge in [-0.15, -0.1) is 0 Å². The van der Waals surface area contributed by atoms with Crippen LogP contribution >= 0.6 is 35.4 Å². The Kier molecular flexibility index (Phi) is 5.65. The maximum atomic E-state index is 5.91. The van der Waals surface area contributed by atoms with Crippen molar-refractivity contribution in [3.63, 3.8) is 0 Å². The monoisotopic (exact) mass is 324 g/mol. The molecule has 0 unspecified atom stereocenters. The van der Waals surface area contributed by atoms with Crippen molar-refractivity contribution in [3.05, 3.63) is 64.1 Å². The van der Waals surface area contributed by atoms with Gasteiger partial charge in [-0.3, -0.25) is 0 Å². The molecule has 0 spiro atoms. The van der Waals surface area contributed by atoms with Crippen molar-refractivity contribution in [2.45, 2.75) is 6.42 Å². The van der Waals surface area contributed by atoms with Gasteiger partial charge in [0.15, 0.2) is 5.11 Å². The van der Waals surface area contributed by atoms with Gasteiger partial charge in [0.2, 0.25) is 0 Å². The molecular weight excluding hydrogens is 311 g/mol. The van der Waals surface area contributed by atoms with Crippen LogP contribution in [0.4, 0.5) is 5.69 Å². The number of anilines is 1. The van der Waals surface area contributed by atoms with Crippen LogP contribution in [0.25, 0.3) is 0 Å². The third kappa shape index (κ3) is 5.00. The quantitative estimate of drug-likeness (QED) is 0.808. The zero-order valence-electron chi connectivity index (χ0n) is 10.7. The summed E-state index contributed by atoms with van der Waals surface area (Å²) in [5.41, 5.74) is 2.09. The molecular formula is C15H14Cl2N2S. The number of halogens is 2. The molecule has 2 rings (SSSR count). The van der Waals surface area contributed by atoms with Crippen LogP contribution in [0.15, 0.2) is 48.5 Å². The van der Waals surface area contributed by atoms with Crippen LogP contribution in [0.3, 0.4) is 0 Å². The minimum Gasteiger partial charge on any atom is -0.362 e. The third-order valence-electron chi connectivity index (χ3n) is 2.69. The van der Waals surface area contributed by atoms with E-state index in [0.717, 1.165) is 23.7 Å². The largest absolute Gasteiger partial charge is 0.362 e. The van der Waals surface area contributed by atoms with Gasteiger partial charge in [-0.1, -0.05) is 41.4 Å². The van der Waals surface area contributed by atoms with Crippen LogP contribution in [0.2, 0.25) is 10.0 Å². The molecule has 0 heterocycles. The zero-order valence-corrected chi connectivity index (χ0v) is 13.0. The summed E-state index contributed by atoms with van der Waals surface area (Å²) in [6.07, 6.45) is 0.883. The van der Waals surface area contributed by atoms with Gasteiger partial charge >= 0.3 is 0 Å². The molecule has 0 amide bonds. The Morgan fingerprint density at radius 2 is 1.75 bits per heavy atom. The fraction of sp³-hybridized carbons (Fsp3) is 0.133. The predicted molar refractivity (Wildman–Crippen MR) is 90.8 cm³/mol. The van der Waals surface area contributed by atoms with Gasteiger partial charge in [0, 0.05) is 22.3 Å². The van der Waals surface area contributed by atoms with E-state index in [1.54, 1.807) is 0 Å². The Balaban J connectivity index is 1.76. The molecule has 0 radical (unpaired) electrons. The lowest BCUT2D eigenvalue weighted by Gasteiger charge is -2.10. The standard InChI is InChI=1S/C15H14Cl2N2S/c16-12-6-4-11(5-7-12)8-9-18-15(20)19-14-3-1-2-13(17)10-14/h1-7,10H,8-9H2,(H2,18,19,20). The lowest BCUT2D eigenvalue weighted by molar-refractivity contribution is 0.873. The molecule has 0 saturated carbocycles. The molecule has 104 valence electrons. The highest BCUT2D eigenvalue weighted by Gasteiger charge is 1.99. The summed E-state index contributed by atoms with van der Waals surface area (Å²) in [6.45, 7) is 0.758. The van der Waals surface area contributed by atoms with Crippen molar-refractivity contribution in [3.8, 4) is 0 Å². The summed E-state index contributed by atoms with van der Waals surface area (Å²) in [5, 5.41) is 8.26. The van der Waals surface area contributed by atoms with Crippen LogP contribution < -0.4 is 10.6 Å². The van der Waals surface area contributed by atoms with Gasteiger partial charge in [0.05, 0.1) is 0 Å². The fourth-order valence-electron chi connectivity index (χ4n) is 1.71. The molecule has 2 aromatic carbocycles. The van der Waals surface area contributed by atoms with E-state index >= 15 is 0 Å². The van der Waals surface area contributed by atoms with E-state index in [0.29, 0.717) is 10.1 Å². The van der Waals surface area contributed by atoms with Crippen molar-refractivity contribution in [2.24, 2.45) is 0 Å². The van der Waals surface area contributed by atoms with Gasteiger partial charge in [-0.05, 0) is 54.5 Å². The summed E-state index contributed by atoms with van der Waals surface area (Å²) >= 11 is 17.0. The van der Waals surface area contributed by atoms with Crippen molar-refractivity contribution >= 4 is 46.2 Å². The van der Waals surface area contributed by atoms with Crippen LogP contribution in [-0.2, 0) is 6.42 Å². The lowest BCUT2D eigenvalue weighted by atomic mass is 10.1. The van der Waals surface area contributed by atoms with Crippen molar-refractivity contribution in [2.75, 3.05) is 11.9 Å². The lowest BCUT2D eigenvalue weighted by Crippen LogP contribution is -2.30. The normalized spacial score (nSPS) is 10.1. The molecule has 0 aliphatic carbocycles. The van der Waals surface area contributed by atoms with Crippen molar-refractivity contribution < 1.29 is 0 Å². The second-order valence-corrected chi connectivity index (χ2v) is 5.55. The van der Waals surface area contributed by atoms with E-state index in [9.17, 15) is 0 Å². The van der Waals surface area contributed by atoms with Crippen LogP contribution in [0.5, 0.6) is 0 Å². The summed E-state index contributed by atoms with van der Waals surface area (Å²) in [6, 6.07) is 15.2. The van der Waals surface area contributed by atoms with E-state index in [-0.39, 0.29) is 0 Å². The average Bonchev–Trinajstić information content (AvgIpc) is 2.41. The first kappa shape index (κ1) is 15.1. The fourth-order valence-corrected chi connectivity index (χ4v) is 2.25. The Morgan fingerprint density at radius 1 is 1.00 bits per heavy atom. The highest BCUT2D eigenvalue weighted by atomic mass is 35.5. The Labute approximate surface area is 134 Å². The molecule has 2 N–H and O–H groups in total. The molecule has 0 atom stereocenters. The second kappa shape index (κ2) is 7.48. The van der Waals surface area contributed by atoms with Crippen LogP contribution in [0, 0.1) is 0 Å². The van der Waals surface area contributed by atoms with Crippen LogP contribution in [0.1, 0.15) is 5.56 Å². The van der Waals surface area contributed by atoms with E-state index in [4.69, 9.17) is 35.4 Å². The Bertz CT molecular complexity index is 585. The average molecular weight is 325 g/mol. The highest BCUT2D eigenvalue weighted by Crippen LogP contribution is 2.14. The maximum absolute atomic E-state index is 5.91. The highest BCUT2D eigenvalue weighted by molar-refractivity contribution is 7.80. The SMILES string of the molecule is S=C(NCCc1ccc(Cl)cc1)Nc1cccc(Cl)c1. The van der Waals surface area contributed by atoms with E-state index < -0.39 is 0 Å². The van der Waals surface area contributed by atoms with Gasteiger partial charge in [-0.25, -0.2) is 0 Å². The number of hydrogen-bond donors (Lipinski definition) is 2. The molecule has 0 bridgehead atoms. The molecule has 2 aromatic rings. The first-order valence-corrected chi connectivity index (χ1v) is 7.35. The minimum absolute atomic E-state index is 0.584. The molecule has 5 heteroatoms. The van der Waals surface area contributed by atoms with Crippen molar-refractivity contribution in [1.82, 2.24) is 5.32 Å². The van der Waals surface area contributed by atoms with Gasteiger partial charge in [0.1, 0.15) is 0 Å². The zero-order chi connectivity index (χ0) is 14.4. The molecule has 0 aliphatic rings. The predicted octanol–water partition coefficient (Wildman–Crippen LogP) is 4.52. The molecule has 2 nitrogen and oxygen atoms in total. The van der Waals surface area contributed by atoms with Gasteiger partial charge in [-0.2, -0.15) is 0 Å².